The fourth-order valence-electron chi connectivity index (χ4n) is 3.58. The van der Waals surface area contributed by atoms with Gasteiger partial charge in [-0.2, -0.15) is 10.1 Å². The van der Waals surface area contributed by atoms with Gasteiger partial charge in [-0.15, -0.1) is 0 Å². The van der Waals surface area contributed by atoms with Crippen LogP contribution in [0.2, 0.25) is 10.0 Å². The van der Waals surface area contributed by atoms with E-state index in [-0.39, 0.29) is 18.4 Å². The zero-order chi connectivity index (χ0) is 26.5. The summed E-state index contributed by atoms with van der Waals surface area (Å²) in [6, 6.07) is 17.7. The summed E-state index contributed by atoms with van der Waals surface area (Å²) in [6.45, 7) is 3.80. The van der Waals surface area contributed by atoms with Gasteiger partial charge in [0, 0.05) is 5.69 Å². The van der Waals surface area contributed by atoms with Crippen molar-refractivity contribution in [2.24, 2.45) is 5.10 Å². The van der Waals surface area contributed by atoms with Gasteiger partial charge < -0.3 is 14.8 Å². The highest BCUT2D eigenvalue weighted by atomic mass is 127. The summed E-state index contributed by atoms with van der Waals surface area (Å²) in [5.41, 5.74) is 3.04. The van der Waals surface area contributed by atoms with Crippen molar-refractivity contribution in [3.63, 3.8) is 0 Å². The minimum atomic E-state index is -0.368. The van der Waals surface area contributed by atoms with Gasteiger partial charge in [-0.25, -0.2) is 0 Å². The molecule has 1 heterocycles. The molecule has 0 unspecified atom stereocenters. The van der Waals surface area contributed by atoms with Crippen molar-refractivity contribution in [2.75, 3.05) is 23.5 Å². The van der Waals surface area contributed by atoms with Crippen LogP contribution >= 0.6 is 45.8 Å². The van der Waals surface area contributed by atoms with E-state index in [9.17, 15) is 9.59 Å². The molecule has 0 fully saturated rings. The van der Waals surface area contributed by atoms with Gasteiger partial charge in [0.2, 0.25) is 0 Å². The van der Waals surface area contributed by atoms with Gasteiger partial charge in [0.25, 0.3) is 11.8 Å². The molecule has 1 aliphatic rings. The van der Waals surface area contributed by atoms with E-state index in [2.05, 4.69) is 33.0 Å². The number of halogens is 3. The third-order valence-corrected chi connectivity index (χ3v) is 6.80. The SMILES string of the molecule is CCOc1cc(/C=C2\C(=O)N(c3ccccc3)N=C2C)cc(I)c1OCC(=O)Nc1ccc(Cl)c(Cl)c1. The molecule has 1 N–H and O–H groups in total. The highest BCUT2D eigenvalue weighted by Crippen LogP contribution is 2.36. The van der Waals surface area contributed by atoms with Crippen molar-refractivity contribution in [2.45, 2.75) is 13.8 Å². The number of para-hydroxylation sites is 1. The number of hydrogen-bond acceptors (Lipinski definition) is 5. The highest BCUT2D eigenvalue weighted by Gasteiger charge is 2.28. The first kappa shape index (κ1) is 27.0. The molecule has 0 saturated carbocycles. The second-order valence-corrected chi connectivity index (χ2v) is 9.90. The number of rotatable bonds is 8. The highest BCUT2D eigenvalue weighted by molar-refractivity contribution is 14.1. The molecular weight excluding hydrogens is 628 g/mol. The lowest BCUT2D eigenvalue weighted by Crippen LogP contribution is -2.21. The van der Waals surface area contributed by atoms with Crippen LogP contribution in [0.15, 0.2) is 71.3 Å². The van der Waals surface area contributed by atoms with E-state index in [0.717, 1.165) is 9.13 Å². The second kappa shape index (κ2) is 12.0. The Bertz CT molecular complexity index is 1410. The van der Waals surface area contributed by atoms with Crippen LogP contribution in [-0.2, 0) is 9.59 Å². The standard InChI is InChI=1S/C27H22Cl2IN3O4/c1-3-36-24-13-17(11-20-16(2)32-33(27(20)35)19-7-5-4-6-8-19)12-23(30)26(24)37-15-25(34)31-18-9-10-21(28)22(29)14-18/h4-14H,3,15H2,1-2H3,(H,31,34)/b20-11-. The van der Waals surface area contributed by atoms with Crippen LogP contribution < -0.4 is 19.8 Å². The summed E-state index contributed by atoms with van der Waals surface area (Å²) >= 11 is 14.1. The Labute approximate surface area is 238 Å². The molecule has 10 heteroatoms. The van der Waals surface area contributed by atoms with Crippen LogP contribution in [0.25, 0.3) is 6.08 Å². The average Bonchev–Trinajstić information content (AvgIpc) is 3.15. The molecule has 7 nitrogen and oxygen atoms in total. The molecule has 4 rings (SSSR count). The summed E-state index contributed by atoms with van der Waals surface area (Å²) in [5.74, 6) is 0.315. The number of anilines is 2. The third kappa shape index (κ3) is 6.44. The quantitative estimate of drug-likeness (QED) is 0.215. The van der Waals surface area contributed by atoms with Crippen molar-refractivity contribution < 1.29 is 19.1 Å². The number of ether oxygens (including phenoxy) is 2. The lowest BCUT2D eigenvalue weighted by Gasteiger charge is -2.15. The molecule has 0 atom stereocenters. The number of carbonyl (C=O) groups excluding carboxylic acids is 2. The van der Waals surface area contributed by atoms with E-state index in [1.54, 1.807) is 37.3 Å². The van der Waals surface area contributed by atoms with Crippen molar-refractivity contribution in [3.05, 3.63) is 85.4 Å². The van der Waals surface area contributed by atoms with E-state index in [1.807, 2.05) is 43.3 Å². The minimum absolute atomic E-state index is 0.212. The van der Waals surface area contributed by atoms with E-state index >= 15 is 0 Å². The maximum atomic E-state index is 13.1. The number of nitrogens with zero attached hydrogens (tertiary/aromatic N) is 2. The van der Waals surface area contributed by atoms with Crippen molar-refractivity contribution in [1.82, 2.24) is 0 Å². The lowest BCUT2D eigenvalue weighted by atomic mass is 10.1. The van der Waals surface area contributed by atoms with Crippen LogP contribution in [0, 0.1) is 3.57 Å². The smallest absolute Gasteiger partial charge is 0.280 e. The first-order valence-corrected chi connectivity index (χ1v) is 13.1. The van der Waals surface area contributed by atoms with Gasteiger partial charge >= 0.3 is 0 Å². The summed E-state index contributed by atoms with van der Waals surface area (Å²) in [7, 11) is 0. The van der Waals surface area contributed by atoms with Gasteiger partial charge in [-0.3, -0.25) is 9.59 Å². The molecule has 37 heavy (non-hydrogen) atoms. The van der Waals surface area contributed by atoms with Gasteiger partial charge in [0.15, 0.2) is 18.1 Å². The van der Waals surface area contributed by atoms with E-state index in [4.69, 9.17) is 32.7 Å². The Hall–Kier alpha value is -3.08. The molecular formula is C27H22Cl2IN3O4. The number of carbonyl (C=O) groups is 2. The lowest BCUT2D eigenvalue weighted by molar-refractivity contribution is -0.118. The summed E-state index contributed by atoms with van der Waals surface area (Å²) in [5, 5.41) is 9.27. The number of benzene rings is 3. The molecule has 0 aliphatic carbocycles. The van der Waals surface area contributed by atoms with E-state index in [1.165, 1.54) is 5.01 Å². The number of hydrogen-bond donors (Lipinski definition) is 1. The Balaban J connectivity index is 1.52. The molecule has 0 radical (unpaired) electrons. The Morgan fingerprint density at radius 1 is 1.08 bits per heavy atom. The van der Waals surface area contributed by atoms with E-state index < -0.39 is 0 Å². The molecule has 0 bridgehead atoms. The van der Waals surface area contributed by atoms with Crippen LogP contribution in [0.3, 0.4) is 0 Å². The Morgan fingerprint density at radius 2 is 1.84 bits per heavy atom. The predicted molar refractivity (Wildman–Crippen MR) is 156 cm³/mol. The first-order chi connectivity index (χ1) is 17.8. The fraction of sp³-hybridized carbons (Fsp3) is 0.148. The molecule has 190 valence electrons. The zero-order valence-corrected chi connectivity index (χ0v) is 23.6. The van der Waals surface area contributed by atoms with Crippen LogP contribution in [-0.4, -0.2) is 30.7 Å². The maximum absolute atomic E-state index is 13.1. The molecule has 0 spiro atoms. The Morgan fingerprint density at radius 3 is 2.54 bits per heavy atom. The minimum Gasteiger partial charge on any atom is -0.490 e. The second-order valence-electron chi connectivity index (χ2n) is 7.92. The molecule has 2 amide bonds. The molecule has 1 aliphatic heterocycles. The van der Waals surface area contributed by atoms with Crippen LogP contribution in [0.5, 0.6) is 11.5 Å². The van der Waals surface area contributed by atoms with Gasteiger partial charge in [0.1, 0.15) is 0 Å². The van der Waals surface area contributed by atoms with Crippen molar-refractivity contribution in [1.29, 1.82) is 0 Å². The third-order valence-electron chi connectivity index (χ3n) is 5.26. The normalized spacial score (nSPS) is 14.1. The van der Waals surface area contributed by atoms with Crippen LogP contribution in [0.1, 0.15) is 19.4 Å². The zero-order valence-electron chi connectivity index (χ0n) is 19.9. The Kier molecular flexibility index (Phi) is 8.73. The topological polar surface area (TPSA) is 80.2 Å². The molecule has 0 saturated heterocycles. The molecule has 3 aromatic carbocycles. The number of amides is 2. The number of nitrogens with one attached hydrogen (secondary N) is 1. The average molecular weight is 650 g/mol. The van der Waals surface area contributed by atoms with E-state index in [0.29, 0.717) is 50.8 Å². The largest absolute Gasteiger partial charge is 0.490 e. The van der Waals surface area contributed by atoms with Gasteiger partial charge in [0.05, 0.1) is 37.2 Å². The molecule has 3 aromatic rings. The predicted octanol–water partition coefficient (Wildman–Crippen LogP) is 6.82. The monoisotopic (exact) mass is 649 g/mol. The maximum Gasteiger partial charge on any atom is 0.280 e. The molecule has 0 aromatic heterocycles. The summed E-state index contributed by atoms with van der Waals surface area (Å²) in [6.07, 6.45) is 1.77. The number of hydrazone groups is 1. The summed E-state index contributed by atoms with van der Waals surface area (Å²) in [4.78, 5) is 25.5. The van der Waals surface area contributed by atoms with Crippen molar-refractivity contribution in [3.8, 4) is 11.5 Å². The first-order valence-electron chi connectivity index (χ1n) is 11.3. The van der Waals surface area contributed by atoms with Crippen LogP contribution in [0.4, 0.5) is 11.4 Å². The van der Waals surface area contributed by atoms with Crippen molar-refractivity contribution >= 4 is 80.8 Å². The van der Waals surface area contributed by atoms with Gasteiger partial charge in [-0.1, -0.05) is 41.4 Å². The van der Waals surface area contributed by atoms with Gasteiger partial charge in [-0.05, 0) is 90.5 Å². The summed E-state index contributed by atoms with van der Waals surface area (Å²) < 4.78 is 12.3. The fourth-order valence-corrected chi connectivity index (χ4v) is 4.66.